The van der Waals surface area contributed by atoms with Crippen molar-refractivity contribution in [3.63, 3.8) is 0 Å². The van der Waals surface area contributed by atoms with Crippen LogP contribution in [0.4, 0.5) is 0 Å². The van der Waals surface area contributed by atoms with Crippen LogP contribution < -0.4 is 19.6 Å². The first-order chi connectivity index (χ1) is 35.6. The molecule has 13 N–H and O–H groups in total. The van der Waals surface area contributed by atoms with Gasteiger partial charge in [-0.3, -0.25) is 4.79 Å². The molecular formula is C49H58O26. The van der Waals surface area contributed by atoms with E-state index in [4.69, 9.17) is 51.8 Å². The van der Waals surface area contributed by atoms with Gasteiger partial charge in [0, 0.05) is 11.6 Å². The quantitative estimate of drug-likeness (QED) is 0.0477. The van der Waals surface area contributed by atoms with Crippen molar-refractivity contribution in [1.29, 1.82) is 0 Å². The number of phenolic OH excluding ortho intramolecular Hbond substituents is 3. The molecule has 0 radical (unpaired) electrons. The first-order valence-corrected chi connectivity index (χ1v) is 23.5. The molecular weight excluding hydrogens is 1000 g/mol. The van der Waals surface area contributed by atoms with Crippen LogP contribution in [0.5, 0.6) is 34.5 Å². The van der Waals surface area contributed by atoms with E-state index in [0.717, 1.165) is 24.3 Å². The normalized spacial score (nSPS) is 36.3. The number of rotatable bonds is 14. The van der Waals surface area contributed by atoms with Crippen LogP contribution in [0.1, 0.15) is 26.3 Å². The molecule has 4 aliphatic heterocycles. The largest absolute Gasteiger partial charge is 0.508 e. The molecule has 410 valence electrons. The van der Waals surface area contributed by atoms with Gasteiger partial charge in [0.1, 0.15) is 84.0 Å². The van der Waals surface area contributed by atoms with E-state index in [1.807, 2.05) is 0 Å². The highest BCUT2D eigenvalue weighted by atomic mass is 16.8. The molecule has 4 aliphatic rings. The molecule has 0 bridgehead atoms. The molecule has 0 saturated carbocycles. The van der Waals surface area contributed by atoms with Crippen molar-refractivity contribution in [2.24, 2.45) is 0 Å². The molecule has 1 aromatic heterocycles. The van der Waals surface area contributed by atoms with Gasteiger partial charge in [-0.05, 0) is 74.9 Å². The number of hydrogen-bond acceptors (Lipinski definition) is 26. The van der Waals surface area contributed by atoms with Gasteiger partial charge in [0.15, 0.2) is 53.4 Å². The highest BCUT2D eigenvalue weighted by Gasteiger charge is 2.54. The third kappa shape index (κ3) is 11.4. The van der Waals surface area contributed by atoms with E-state index in [0.29, 0.717) is 5.56 Å². The Hall–Kier alpha value is -5.76. The number of aliphatic hydroxyl groups is 10. The Morgan fingerprint density at radius 1 is 0.600 bits per heavy atom. The molecule has 4 fully saturated rings. The van der Waals surface area contributed by atoms with Gasteiger partial charge in [-0.2, -0.15) is 0 Å². The Kier molecular flexibility index (Phi) is 16.9. The summed E-state index contributed by atoms with van der Waals surface area (Å²) < 4.78 is 65.0. The number of methoxy groups -OCH3 is 1. The number of aliphatic hydroxyl groups excluding tert-OH is 10. The third-order valence-electron chi connectivity index (χ3n) is 13.2. The molecule has 0 amide bonds. The number of ether oxygens (including phenoxy) is 10. The fourth-order valence-corrected chi connectivity index (χ4v) is 8.75. The van der Waals surface area contributed by atoms with Crippen LogP contribution in [-0.2, 0) is 38.0 Å². The molecule has 3 aromatic carbocycles. The van der Waals surface area contributed by atoms with E-state index < -0.39 is 169 Å². The Morgan fingerprint density at radius 2 is 1.17 bits per heavy atom. The Bertz CT molecular complexity index is 2720. The minimum absolute atomic E-state index is 0.0762. The molecule has 26 nitrogen and oxygen atoms in total. The second kappa shape index (κ2) is 22.8. The molecule has 0 aliphatic carbocycles. The number of esters is 1. The van der Waals surface area contributed by atoms with Crippen molar-refractivity contribution in [3.8, 4) is 45.8 Å². The van der Waals surface area contributed by atoms with Crippen LogP contribution in [0.25, 0.3) is 28.4 Å². The number of carbonyl (C=O) groups excluding carboxylic acids is 1. The predicted octanol–water partition coefficient (Wildman–Crippen LogP) is -2.06. The maximum absolute atomic E-state index is 15.1. The summed E-state index contributed by atoms with van der Waals surface area (Å²) >= 11 is 0. The maximum Gasteiger partial charge on any atom is 0.331 e. The number of hydrogen-bond donors (Lipinski definition) is 13. The summed E-state index contributed by atoms with van der Waals surface area (Å²) in [5.41, 5.74) is -1.45. The second-order valence-electron chi connectivity index (χ2n) is 18.3. The molecule has 8 rings (SSSR count). The lowest BCUT2D eigenvalue weighted by Crippen LogP contribution is -2.66. The summed E-state index contributed by atoms with van der Waals surface area (Å²) in [6.45, 7) is 3.27. The number of phenols is 3. The predicted molar refractivity (Wildman–Crippen MR) is 249 cm³/mol. The van der Waals surface area contributed by atoms with E-state index >= 15 is 4.79 Å². The third-order valence-corrected chi connectivity index (χ3v) is 13.2. The zero-order chi connectivity index (χ0) is 54.3. The average molecular weight is 1060 g/mol. The van der Waals surface area contributed by atoms with Crippen LogP contribution in [0.2, 0.25) is 0 Å². The summed E-state index contributed by atoms with van der Waals surface area (Å²) in [7, 11) is 1.21. The summed E-state index contributed by atoms with van der Waals surface area (Å²) in [4.78, 5) is 28.9. The second-order valence-corrected chi connectivity index (χ2v) is 18.3. The monoisotopic (exact) mass is 1060 g/mol. The average Bonchev–Trinajstić information content (AvgIpc) is 3.39. The summed E-state index contributed by atoms with van der Waals surface area (Å²) in [6, 6.07) is 11.3. The van der Waals surface area contributed by atoms with Crippen LogP contribution in [-0.4, -0.2) is 209 Å². The van der Waals surface area contributed by atoms with Crippen molar-refractivity contribution >= 4 is 23.0 Å². The molecule has 0 unspecified atom stereocenters. The Labute approximate surface area is 424 Å². The van der Waals surface area contributed by atoms with Crippen LogP contribution in [0.3, 0.4) is 0 Å². The van der Waals surface area contributed by atoms with Gasteiger partial charge in [0.05, 0.1) is 32.0 Å². The molecule has 75 heavy (non-hydrogen) atoms. The van der Waals surface area contributed by atoms with Crippen molar-refractivity contribution < 1.29 is 123 Å². The minimum Gasteiger partial charge on any atom is -0.508 e. The van der Waals surface area contributed by atoms with Gasteiger partial charge < -0.3 is 118 Å². The maximum atomic E-state index is 15.1. The number of benzene rings is 3. The van der Waals surface area contributed by atoms with Crippen LogP contribution in [0, 0.1) is 0 Å². The van der Waals surface area contributed by atoms with Crippen LogP contribution >= 0.6 is 0 Å². The van der Waals surface area contributed by atoms with Crippen molar-refractivity contribution in [1.82, 2.24) is 0 Å². The first-order valence-electron chi connectivity index (χ1n) is 23.5. The van der Waals surface area contributed by atoms with Gasteiger partial charge in [-0.25, -0.2) is 4.79 Å². The van der Waals surface area contributed by atoms with Gasteiger partial charge in [0.2, 0.25) is 23.8 Å². The van der Waals surface area contributed by atoms with Crippen LogP contribution in [0.15, 0.2) is 69.9 Å². The van der Waals surface area contributed by atoms with Crippen molar-refractivity contribution in [2.45, 2.75) is 144 Å². The molecule has 0 spiro atoms. The van der Waals surface area contributed by atoms with Crippen molar-refractivity contribution in [2.75, 3.05) is 13.7 Å². The Balaban J connectivity index is 1.26. The van der Waals surface area contributed by atoms with E-state index in [1.165, 1.54) is 70.4 Å². The Morgan fingerprint density at radius 3 is 1.80 bits per heavy atom. The topological polar surface area (TPSA) is 403 Å². The zero-order valence-corrected chi connectivity index (χ0v) is 40.2. The fraction of sp³-hybridized carbons (Fsp3) is 0.510. The van der Waals surface area contributed by atoms with E-state index in [2.05, 4.69) is 0 Å². The van der Waals surface area contributed by atoms with Gasteiger partial charge >= 0.3 is 5.97 Å². The zero-order valence-electron chi connectivity index (χ0n) is 40.2. The lowest BCUT2D eigenvalue weighted by atomic mass is 9.97. The summed E-state index contributed by atoms with van der Waals surface area (Å²) in [5.74, 6) is -4.34. The van der Waals surface area contributed by atoms with Gasteiger partial charge in [-0.1, -0.05) is 12.1 Å². The minimum atomic E-state index is -2.20. The number of fused-ring (bicyclic) bond motifs is 1. The smallest absolute Gasteiger partial charge is 0.331 e. The lowest BCUT2D eigenvalue weighted by molar-refractivity contribution is -0.360. The summed E-state index contributed by atoms with van der Waals surface area (Å²) in [5, 5.41) is 139. The van der Waals surface area contributed by atoms with Gasteiger partial charge in [0.25, 0.3) is 0 Å². The molecule has 20 atom stereocenters. The van der Waals surface area contributed by atoms with E-state index in [9.17, 15) is 71.2 Å². The summed E-state index contributed by atoms with van der Waals surface area (Å²) in [6.07, 6.45) is -32.6. The number of carbonyl (C=O) groups is 1. The highest BCUT2D eigenvalue weighted by Crippen LogP contribution is 2.43. The van der Waals surface area contributed by atoms with Crippen molar-refractivity contribution in [3.05, 3.63) is 76.5 Å². The molecule has 4 saturated heterocycles. The van der Waals surface area contributed by atoms with E-state index in [-0.39, 0.29) is 28.6 Å². The van der Waals surface area contributed by atoms with Gasteiger partial charge in [-0.15, -0.1) is 0 Å². The molecule has 4 aromatic rings. The SMILES string of the molecule is COc1cc(-c2oc3c(O[C@@H]4O[C@@H](C)[C@H](O)[C@@H](O)[C@H]4O)ccc(O)c3c(=O)c2O[C@@H]2O[C@H](CO[C@@H]3O[C@@H](C)[C@H](O)[C@@H](O)[C@H]3O)[C@H](O)[C@H](OC(=O)/C=C/c3ccc(O)cc3)[C@H]2O[C@@H]2O[C@@H](C)[C@H](O)[C@@H](O)[C@H]2O)ccc1O. The van der Waals surface area contributed by atoms with E-state index in [1.54, 1.807) is 0 Å². The molecule has 26 heteroatoms. The fourth-order valence-electron chi connectivity index (χ4n) is 8.75. The standard InChI is InChI=1S/C49H58O26/c1-17-30(54)35(59)38(62)46(67-17)66-16-27-33(57)43(72-28(53)14-7-20-5-9-22(50)10-6-20)45(75-48-40(64)37(61)32(56)19(3)69-48)49(71-27)74-44-34(58)29-24(52)12-13-25(70-47-39(63)36(60)31(55)18(2)68-47)42(29)73-41(44)21-8-11-23(51)26(15-21)65-4/h5-15,17-19,27,30-33,35-40,43,45-52,54-57,59-64H,16H2,1-4H3/b14-7+/t17-,18-,19-,27+,30-,31-,32-,33-,35+,36+,37+,38+,39+,40+,43-,45+,46+,47-,48-,49-/m0/s1. The first kappa shape index (κ1) is 55.5. The lowest BCUT2D eigenvalue weighted by Gasteiger charge is -2.47. The number of aromatic hydroxyl groups is 3. The highest BCUT2D eigenvalue weighted by molar-refractivity contribution is 5.91. The molecule has 5 heterocycles.